The van der Waals surface area contributed by atoms with E-state index in [9.17, 15) is 19.8 Å². The van der Waals surface area contributed by atoms with E-state index in [-0.39, 0.29) is 35.9 Å². The highest BCUT2D eigenvalue weighted by atomic mass is 16.4. The zero-order valence-corrected chi connectivity index (χ0v) is 14.8. The van der Waals surface area contributed by atoms with Crippen molar-refractivity contribution in [3.63, 3.8) is 0 Å². The molecular formula is C22H21NO4. The van der Waals surface area contributed by atoms with Gasteiger partial charge in [0.05, 0.1) is 5.57 Å². The van der Waals surface area contributed by atoms with Gasteiger partial charge in [-0.25, -0.2) is 4.79 Å². The molecule has 0 spiro atoms. The highest BCUT2D eigenvalue weighted by Crippen LogP contribution is 2.32. The first-order valence-corrected chi connectivity index (χ1v) is 8.84. The molecule has 0 heterocycles. The number of allylic oxidation sites excluding steroid dienone is 2. The van der Waals surface area contributed by atoms with E-state index in [1.807, 2.05) is 60.7 Å². The standard InChI is InChI=1S/C22H21NO4/c24-20-12-17(16-9-5-2-6-10-16)13-21(25)18(20)14-23-19(22(26)27)11-15-7-3-1-4-8-15/h1-10,14,17,19,24H,11-13H2,(H,26,27). The van der Waals surface area contributed by atoms with Crippen LogP contribution in [0.4, 0.5) is 0 Å². The van der Waals surface area contributed by atoms with Crippen LogP contribution >= 0.6 is 0 Å². The summed E-state index contributed by atoms with van der Waals surface area (Å²) in [5.74, 6) is -1.40. The summed E-state index contributed by atoms with van der Waals surface area (Å²) in [4.78, 5) is 28.0. The summed E-state index contributed by atoms with van der Waals surface area (Å²) in [5, 5.41) is 19.7. The summed E-state index contributed by atoms with van der Waals surface area (Å²) in [6.45, 7) is 0. The van der Waals surface area contributed by atoms with Gasteiger partial charge in [0.2, 0.25) is 0 Å². The lowest BCUT2D eigenvalue weighted by atomic mass is 9.83. The van der Waals surface area contributed by atoms with Crippen LogP contribution in [0, 0.1) is 0 Å². The largest absolute Gasteiger partial charge is 0.511 e. The third kappa shape index (κ3) is 4.70. The number of carbonyl (C=O) groups is 2. The van der Waals surface area contributed by atoms with Crippen molar-refractivity contribution in [2.24, 2.45) is 4.99 Å². The fourth-order valence-electron chi connectivity index (χ4n) is 3.22. The average Bonchev–Trinajstić information content (AvgIpc) is 2.67. The van der Waals surface area contributed by atoms with Crippen LogP contribution in [0.25, 0.3) is 0 Å². The van der Waals surface area contributed by atoms with Crippen LogP contribution in [0.1, 0.15) is 29.9 Å². The summed E-state index contributed by atoms with van der Waals surface area (Å²) >= 11 is 0. The van der Waals surface area contributed by atoms with Crippen molar-refractivity contribution in [3.05, 3.63) is 83.1 Å². The fourth-order valence-corrected chi connectivity index (χ4v) is 3.22. The number of ketones is 1. The normalized spacial score (nSPS) is 18.7. The number of aliphatic carboxylic acids is 1. The summed E-state index contributed by atoms with van der Waals surface area (Å²) in [6, 6.07) is 17.8. The Labute approximate surface area is 157 Å². The van der Waals surface area contributed by atoms with E-state index in [1.54, 1.807) is 0 Å². The number of aliphatic hydroxyl groups excluding tert-OH is 1. The zero-order valence-electron chi connectivity index (χ0n) is 14.8. The molecule has 1 aliphatic rings. The minimum atomic E-state index is -1.07. The molecule has 5 heteroatoms. The van der Waals surface area contributed by atoms with Gasteiger partial charge in [-0.3, -0.25) is 9.79 Å². The van der Waals surface area contributed by atoms with Gasteiger partial charge in [-0.1, -0.05) is 60.7 Å². The predicted octanol–water partition coefficient (Wildman–Crippen LogP) is 3.71. The number of aliphatic imine (C=N–C) groups is 1. The molecule has 0 saturated heterocycles. The van der Waals surface area contributed by atoms with Crippen LogP contribution in [0.3, 0.4) is 0 Å². The topological polar surface area (TPSA) is 87.0 Å². The molecule has 2 aromatic rings. The van der Waals surface area contributed by atoms with Gasteiger partial charge in [0.15, 0.2) is 11.8 Å². The molecule has 138 valence electrons. The molecule has 27 heavy (non-hydrogen) atoms. The van der Waals surface area contributed by atoms with Crippen LogP contribution in [-0.2, 0) is 16.0 Å². The van der Waals surface area contributed by atoms with Crippen molar-refractivity contribution in [2.45, 2.75) is 31.2 Å². The van der Waals surface area contributed by atoms with Crippen molar-refractivity contribution < 1.29 is 19.8 Å². The number of hydrogen-bond donors (Lipinski definition) is 2. The summed E-state index contributed by atoms with van der Waals surface area (Å²) in [7, 11) is 0. The number of hydrogen-bond acceptors (Lipinski definition) is 4. The Balaban J connectivity index is 1.76. The number of carbonyl (C=O) groups excluding carboxylic acids is 1. The van der Waals surface area contributed by atoms with E-state index in [2.05, 4.69) is 4.99 Å². The van der Waals surface area contributed by atoms with Crippen molar-refractivity contribution in [3.8, 4) is 0 Å². The van der Waals surface area contributed by atoms with Crippen molar-refractivity contribution >= 4 is 18.0 Å². The molecule has 2 atom stereocenters. The van der Waals surface area contributed by atoms with Gasteiger partial charge >= 0.3 is 5.97 Å². The number of carboxylic acids is 1. The van der Waals surface area contributed by atoms with Gasteiger partial charge in [-0.05, 0) is 17.0 Å². The second kappa shape index (κ2) is 8.45. The molecule has 2 unspecified atom stereocenters. The Kier molecular flexibility index (Phi) is 5.81. The lowest BCUT2D eigenvalue weighted by molar-refractivity contribution is -0.138. The predicted molar refractivity (Wildman–Crippen MR) is 103 cm³/mol. The monoisotopic (exact) mass is 363 g/mol. The Bertz CT molecular complexity index is 872. The third-order valence-corrected chi connectivity index (χ3v) is 4.69. The molecule has 0 aromatic heterocycles. The molecule has 0 saturated carbocycles. The molecular weight excluding hydrogens is 342 g/mol. The minimum absolute atomic E-state index is 0.0345. The highest BCUT2D eigenvalue weighted by Gasteiger charge is 2.28. The molecule has 0 fully saturated rings. The molecule has 3 rings (SSSR count). The molecule has 5 nitrogen and oxygen atoms in total. The van der Waals surface area contributed by atoms with Crippen LogP contribution < -0.4 is 0 Å². The Morgan fingerprint density at radius 2 is 1.70 bits per heavy atom. The number of aliphatic hydroxyl groups is 1. The first-order chi connectivity index (χ1) is 13.0. The van der Waals surface area contributed by atoms with Crippen molar-refractivity contribution in [2.75, 3.05) is 0 Å². The van der Waals surface area contributed by atoms with Crippen LogP contribution in [-0.4, -0.2) is 34.2 Å². The van der Waals surface area contributed by atoms with Gasteiger partial charge in [0.1, 0.15) is 5.76 Å². The Hall–Kier alpha value is -3.21. The summed E-state index contributed by atoms with van der Waals surface area (Å²) < 4.78 is 0. The van der Waals surface area contributed by atoms with Crippen LogP contribution in [0.15, 0.2) is 77.0 Å². The third-order valence-electron chi connectivity index (χ3n) is 4.69. The van der Waals surface area contributed by atoms with Gasteiger partial charge in [-0.2, -0.15) is 0 Å². The molecule has 1 aliphatic carbocycles. The van der Waals surface area contributed by atoms with Crippen LogP contribution in [0.5, 0.6) is 0 Å². The second-order valence-corrected chi connectivity index (χ2v) is 6.62. The van der Waals surface area contributed by atoms with E-state index in [1.165, 1.54) is 6.21 Å². The van der Waals surface area contributed by atoms with E-state index in [4.69, 9.17) is 0 Å². The first kappa shape index (κ1) is 18.6. The van der Waals surface area contributed by atoms with Gasteiger partial charge < -0.3 is 10.2 Å². The van der Waals surface area contributed by atoms with Crippen LogP contribution in [0.2, 0.25) is 0 Å². The number of benzene rings is 2. The Morgan fingerprint density at radius 3 is 2.30 bits per heavy atom. The SMILES string of the molecule is O=C1CC(c2ccccc2)CC(O)=C1C=NC(Cc1ccccc1)C(=O)O. The van der Waals surface area contributed by atoms with Gasteiger partial charge in [-0.15, -0.1) is 0 Å². The maximum absolute atomic E-state index is 12.5. The van der Waals surface area contributed by atoms with Crippen molar-refractivity contribution in [1.29, 1.82) is 0 Å². The van der Waals surface area contributed by atoms with E-state index in [0.717, 1.165) is 11.1 Å². The molecule has 2 N–H and O–H groups in total. The highest BCUT2D eigenvalue weighted by molar-refractivity contribution is 6.14. The first-order valence-electron chi connectivity index (χ1n) is 8.84. The number of carboxylic acid groups (broad SMARTS) is 1. The molecule has 0 bridgehead atoms. The molecule has 0 amide bonds. The van der Waals surface area contributed by atoms with Crippen molar-refractivity contribution in [1.82, 2.24) is 0 Å². The lowest BCUT2D eigenvalue weighted by Crippen LogP contribution is -2.23. The van der Waals surface area contributed by atoms with E-state index >= 15 is 0 Å². The number of rotatable bonds is 6. The fraction of sp³-hybridized carbons (Fsp3) is 0.227. The summed E-state index contributed by atoms with van der Waals surface area (Å²) in [5.41, 5.74) is 1.96. The molecule has 2 aromatic carbocycles. The molecule has 0 aliphatic heterocycles. The Morgan fingerprint density at radius 1 is 1.07 bits per heavy atom. The quantitative estimate of drug-likeness (QED) is 0.766. The number of Topliss-reactive ketones (excluding diaryl/α,β-unsaturated/α-hetero) is 1. The van der Waals surface area contributed by atoms with E-state index in [0.29, 0.717) is 6.42 Å². The smallest absolute Gasteiger partial charge is 0.328 e. The van der Waals surface area contributed by atoms with Gasteiger partial charge in [0.25, 0.3) is 0 Å². The summed E-state index contributed by atoms with van der Waals surface area (Å²) in [6.07, 6.45) is 2.06. The second-order valence-electron chi connectivity index (χ2n) is 6.62. The van der Waals surface area contributed by atoms with E-state index < -0.39 is 12.0 Å². The maximum Gasteiger partial charge on any atom is 0.328 e. The minimum Gasteiger partial charge on any atom is -0.511 e. The number of nitrogens with zero attached hydrogens (tertiary/aromatic N) is 1. The zero-order chi connectivity index (χ0) is 19.2. The maximum atomic E-state index is 12.5. The molecule has 0 radical (unpaired) electrons. The lowest BCUT2D eigenvalue weighted by Gasteiger charge is -2.22. The van der Waals surface area contributed by atoms with Gasteiger partial charge in [0, 0.05) is 25.5 Å². The average molecular weight is 363 g/mol.